The van der Waals surface area contributed by atoms with Gasteiger partial charge in [-0.2, -0.15) is 4.57 Å². The Morgan fingerprint density at radius 1 is 1.00 bits per heavy atom. The lowest BCUT2D eigenvalue weighted by Gasteiger charge is -2.12. The summed E-state index contributed by atoms with van der Waals surface area (Å²) >= 11 is 0. The molecule has 19 heavy (non-hydrogen) atoms. The van der Waals surface area contributed by atoms with Gasteiger partial charge in [0.05, 0.1) is 0 Å². The van der Waals surface area contributed by atoms with Gasteiger partial charge >= 0.3 is 0 Å². The second kappa shape index (κ2) is 7.28. The van der Waals surface area contributed by atoms with E-state index in [1.54, 1.807) is 0 Å². The Morgan fingerprint density at radius 2 is 1.79 bits per heavy atom. The van der Waals surface area contributed by atoms with E-state index in [1.807, 2.05) is 0 Å². The quantitative estimate of drug-likeness (QED) is 0.630. The first-order valence-corrected chi connectivity index (χ1v) is 7.72. The molecule has 2 aromatic rings. The number of para-hydroxylation sites is 1. The van der Waals surface area contributed by atoms with Crippen LogP contribution in [-0.2, 0) is 6.54 Å². The Morgan fingerprint density at radius 3 is 2.58 bits per heavy atom. The molecule has 0 N–H and O–H groups in total. The molecule has 1 unspecified atom stereocenters. The molecule has 0 spiro atoms. The molecule has 1 atom stereocenters. The summed E-state index contributed by atoms with van der Waals surface area (Å²) in [7, 11) is 0. The average Bonchev–Trinajstić information content (AvgIpc) is 2.47. The van der Waals surface area contributed by atoms with E-state index < -0.39 is 0 Å². The van der Waals surface area contributed by atoms with Crippen molar-refractivity contribution in [1.82, 2.24) is 0 Å². The van der Waals surface area contributed by atoms with Gasteiger partial charge in [-0.1, -0.05) is 51.7 Å². The van der Waals surface area contributed by atoms with Gasteiger partial charge in [-0.3, -0.25) is 0 Å². The third-order valence-electron chi connectivity index (χ3n) is 4.11. The summed E-state index contributed by atoms with van der Waals surface area (Å²) in [5.74, 6) is 0.881. The maximum atomic E-state index is 2.41. The molecule has 1 heteroatoms. The Hall–Kier alpha value is -1.37. The molecule has 0 aliphatic heterocycles. The lowest BCUT2D eigenvalue weighted by molar-refractivity contribution is -0.672. The van der Waals surface area contributed by atoms with Crippen LogP contribution in [0, 0.1) is 5.92 Å². The van der Waals surface area contributed by atoms with E-state index in [9.17, 15) is 0 Å². The maximum absolute atomic E-state index is 2.41. The largest absolute Gasteiger partial charge is 0.212 e. The van der Waals surface area contributed by atoms with Crippen molar-refractivity contribution in [2.24, 2.45) is 5.92 Å². The molecule has 0 saturated carbocycles. The fourth-order valence-corrected chi connectivity index (χ4v) is 2.78. The van der Waals surface area contributed by atoms with Gasteiger partial charge in [0.1, 0.15) is 6.54 Å². The van der Waals surface area contributed by atoms with Gasteiger partial charge in [-0.25, -0.2) is 0 Å². The minimum atomic E-state index is 0.881. The number of nitrogens with zero attached hydrogens (tertiary/aromatic N) is 1. The second-order valence-corrected chi connectivity index (χ2v) is 5.47. The van der Waals surface area contributed by atoms with Crippen LogP contribution in [0.25, 0.3) is 10.9 Å². The zero-order valence-electron chi connectivity index (χ0n) is 12.3. The Kier molecular flexibility index (Phi) is 5.38. The van der Waals surface area contributed by atoms with E-state index in [-0.39, 0.29) is 0 Å². The predicted octanol–water partition coefficient (Wildman–Crippen LogP) is 4.73. The zero-order valence-corrected chi connectivity index (χ0v) is 12.3. The molecule has 1 nitrogen and oxygen atoms in total. The lowest BCUT2D eigenvalue weighted by Crippen LogP contribution is -2.35. The van der Waals surface area contributed by atoms with Crippen LogP contribution < -0.4 is 4.57 Å². The summed E-state index contributed by atoms with van der Waals surface area (Å²) in [5, 5.41) is 1.34. The molecule has 1 aromatic carbocycles. The predicted molar refractivity (Wildman–Crippen MR) is 82.1 cm³/mol. The van der Waals surface area contributed by atoms with Crippen molar-refractivity contribution in [1.29, 1.82) is 0 Å². The van der Waals surface area contributed by atoms with E-state index in [4.69, 9.17) is 0 Å². The highest BCUT2D eigenvalue weighted by molar-refractivity contribution is 5.74. The highest BCUT2D eigenvalue weighted by Gasteiger charge is 2.11. The summed E-state index contributed by atoms with van der Waals surface area (Å²) in [5.41, 5.74) is 1.36. The molecule has 102 valence electrons. The van der Waals surface area contributed by atoms with Crippen LogP contribution in [0.2, 0.25) is 0 Å². The Bertz CT molecular complexity index is 499. The first kappa shape index (κ1) is 14.0. The smallest absolute Gasteiger partial charge is 0.198 e. The van der Waals surface area contributed by atoms with Crippen LogP contribution in [0.5, 0.6) is 0 Å². The van der Waals surface area contributed by atoms with Crippen molar-refractivity contribution < 1.29 is 4.57 Å². The van der Waals surface area contributed by atoms with Crippen molar-refractivity contribution in [3.8, 4) is 0 Å². The van der Waals surface area contributed by atoms with Crippen LogP contribution in [0.1, 0.15) is 46.0 Å². The van der Waals surface area contributed by atoms with E-state index in [1.165, 1.54) is 43.0 Å². The number of hydrogen-bond acceptors (Lipinski definition) is 0. The van der Waals surface area contributed by atoms with Gasteiger partial charge in [-0.15, -0.1) is 0 Å². The molecular formula is C18H26N+. The molecule has 0 aliphatic rings. The highest BCUT2D eigenvalue weighted by Crippen LogP contribution is 2.17. The summed E-state index contributed by atoms with van der Waals surface area (Å²) in [6.07, 6.45) is 8.91. The molecule has 0 aliphatic carbocycles. The number of unbranched alkanes of at least 4 members (excludes halogenated alkanes) is 1. The summed E-state index contributed by atoms with van der Waals surface area (Å²) in [6.45, 7) is 5.75. The SMILES string of the molecule is CCCCC(CC)CC[n+]1cccc2ccccc21. The van der Waals surface area contributed by atoms with E-state index in [0.29, 0.717) is 0 Å². The van der Waals surface area contributed by atoms with Crippen molar-refractivity contribution in [3.63, 3.8) is 0 Å². The average molecular weight is 256 g/mol. The van der Waals surface area contributed by atoms with E-state index in [0.717, 1.165) is 12.5 Å². The number of rotatable bonds is 7. The van der Waals surface area contributed by atoms with Gasteiger partial charge in [0, 0.05) is 23.9 Å². The van der Waals surface area contributed by atoms with Crippen molar-refractivity contribution in [2.75, 3.05) is 0 Å². The Labute approximate surface area is 117 Å². The molecule has 0 fully saturated rings. The van der Waals surface area contributed by atoms with Gasteiger partial charge < -0.3 is 0 Å². The number of hydrogen-bond donors (Lipinski definition) is 0. The van der Waals surface area contributed by atoms with Crippen molar-refractivity contribution >= 4 is 10.9 Å². The normalized spacial score (nSPS) is 12.7. The monoisotopic (exact) mass is 256 g/mol. The maximum Gasteiger partial charge on any atom is 0.212 e. The van der Waals surface area contributed by atoms with Gasteiger partial charge in [-0.05, 0) is 18.1 Å². The standard InChI is InChI=1S/C18H26N/c1-3-5-9-16(4-2)13-15-19-14-8-11-17-10-6-7-12-18(17)19/h6-8,10-12,14,16H,3-5,9,13,15H2,1-2H3/q+1. The Balaban J connectivity index is 2.04. The third-order valence-corrected chi connectivity index (χ3v) is 4.11. The molecular weight excluding hydrogens is 230 g/mol. The first-order chi connectivity index (χ1) is 9.35. The summed E-state index contributed by atoms with van der Waals surface area (Å²) in [4.78, 5) is 0. The molecule has 0 saturated heterocycles. The fraction of sp³-hybridized carbons (Fsp3) is 0.500. The molecule has 1 aromatic heterocycles. The fourth-order valence-electron chi connectivity index (χ4n) is 2.78. The minimum absolute atomic E-state index is 0.881. The van der Waals surface area contributed by atoms with Crippen LogP contribution >= 0.6 is 0 Å². The number of aromatic nitrogens is 1. The lowest BCUT2D eigenvalue weighted by atomic mass is 9.96. The third kappa shape index (κ3) is 3.79. The molecule has 0 bridgehead atoms. The number of benzene rings is 1. The van der Waals surface area contributed by atoms with Crippen molar-refractivity contribution in [3.05, 3.63) is 42.6 Å². The molecule has 2 rings (SSSR count). The van der Waals surface area contributed by atoms with Crippen LogP contribution in [0.15, 0.2) is 42.6 Å². The van der Waals surface area contributed by atoms with Gasteiger partial charge in [0.2, 0.25) is 5.52 Å². The minimum Gasteiger partial charge on any atom is -0.198 e. The van der Waals surface area contributed by atoms with Crippen LogP contribution in [0.3, 0.4) is 0 Å². The first-order valence-electron chi connectivity index (χ1n) is 7.72. The van der Waals surface area contributed by atoms with E-state index in [2.05, 4.69) is 61.0 Å². The van der Waals surface area contributed by atoms with Crippen LogP contribution in [-0.4, -0.2) is 0 Å². The van der Waals surface area contributed by atoms with Gasteiger partial charge in [0.15, 0.2) is 6.20 Å². The molecule has 1 heterocycles. The second-order valence-electron chi connectivity index (χ2n) is 5.47. The highest BCUT2D eigenvalue weighted by atomic mass is 14.9. The zero-order chi connectivity index (χ0) is 13.5. The summed E-state index contributed by atoms with van der Waals surface area (Å²) < 4.78 is 2.41. The molecule has 0 amide bonds. The summed E-state index contributed by atoms with van der Waals surface area (Å²) in [6, 6.07) is 13.0. The van der Waals surface area contributed by atoms with E-state index >= 15 is 0 Å². The van der Waals surface area contributed by atoms with Gasteiger partial charge in [0.25, 0.3) is 0 Å². The number of fused-ring (bicyclic) bond motifs is 1. The van der Waals surface area contributed by atoms with Crippen LogP contribution in [0.4, 0.5) is 0 Å². The van der Waals surface area contributed by atoms with Crippen molar-refractivity contribution in [2.45, 2.75) is 52.5 Å². The molecule has 0 radical (unpaired) electrons. The topological polar surface area (TPSA) is 3.88 Å². The number of pyridine rings is 1. The number of aryl methyl sites for hydroxylation is 1.